The fourth-order valence-corrected chi connectivity index (χ4v) is 5.60. The van der Waals surface area contributed by atoms with Crippen molar-refractivity contribution < 1.29 is 23.9 Å². The lowest BCUT2D eigenvalue weighted by Gasteiger charge is -2.35. The molecule has 0 bridgehead atoms. The number of aryl methyl sites for hydroxylation is 1. The van der Waals surface area contributed by atoms with Crippen molar-refractivity contribution in [2.45, 2.75) is 59.7 Å². The van der Waals surface area contributed by atoms with Crippen molar-refractivity contribution in [3.63, 3.8) is 0 Å². The van der Waals surface area contributed by atoms with Gasteiger partial charge in [0.1, 0.15) is 11.4 Å². The number of nitrogens with zero attached hydrogens (tertiary/aromatic N) is 3. The summed E-state index contributed by atoms with van der Waals surface area (Å²) in [6.07, 6.45) is 3.08. The standard InChI is InChI=1S/C33H44FN5O5/c1-6-37-19-26(33(42)43)31(40)25-17-27(34)30(18-29(25)37)38-13-15-39(16-14-38)44-20-23-8-10-24(11-9-23)36-32(41)22(4)7-12-28(35-5)21(2)3/h8-11,17-19,21-22,28,35H,6-7,12-16,20H2,1-5H3,(H,36,41)(H,42,43)/t22?,28-/m1/s1. The van der Waals surface area contributed by atoms with E-state index < -0.39 is 17.2 Å². The molecule has 2 aromatic carbocycles. The predicted molar refractivity (Wildman–Crippen MR) is 171 cm³/mol. The Morgan fingerprint density at radius 2 is 1.73 bits per heavy atom. The molecule has 4 rings (SSSR count). The number of fused-ring (bicyclic) bond motifs is 1. The second kappa shape index (κ2) is 14.8. The van der Waals surface area contributed by atoms with Gasteiger partial charge in [-0.25, -0.2) is 9.18 Å². The number of amides is 1. The molecule has 238 valence electrons. The number of aromatic carboxylic acids is 1. The van der Waals surface area contributed by atoms with Crippen LogP contribution >= 0.6 is 0 Å². The molecule has 0 spiro atoms. The number of hydrogen-bond donors (Lipinski definition) is 3. The van der Waals surface area contributed by atoms with Crippen LogP contribution in [0.4, 0.5) is 15.8 Å². The number of hydroxylamine groups is 2. The zero-order chi connectivity index (χ0) is 32.0. The lowest BCUT2D eigenvalue weighted by Crippen LogP contribution is -2.46. The molecule has 0 radical (unpaired) electrons. The van der Waals surface area contributed by atoms with E-state index in [1.165, 1.54) is 6.20 Å². The average Bonchev–Trinajstić information content (AvgIpc) is 3.01. The predicted octanol–water partition coefficient (Wildman–Crippen LogP) is 4.71. The largest absolute Gasteiger partial charge is 0.477 e. The maximum atomic E-state index is 15.2. The van der Waals surface area contributed by atoms with Crippen LogP contribution in [0.2, 0.25) is 0 Å². The number of carbonyl (C=O) groups is 2. The fraction of sp³-hybridized carbons (Fsp3) is 0.485. The van der Waals surface area contributed by atoms with Crippen LogP contribution in [-0.2, 0) is 22.8 Å². The SMILES string of the molecule is CCn1cc(C(=O)O)c(=O)c2cc(F)c(N3CCN(OCc4ccc(NC(=O)C(C)CC[C@@H](NC)C(C)C)cc4)CC3)cc21. The van der Waals surface area contributed by atoms with Gasteiger partial charge in [0, 0.05) is 62.0 Å². The fourth-order valence-electron chi connectivity index (χ4n) is 5.60. The lowest BCUT2D eigenvalue weighted by atomic mass is 9.94. The van der Waals surface area contributed by atoms with Gasteiger partial charge in [-0.1, -0.05) is 32.9 Å². The maximum Gasteiger partial charge on any atom is 0.341 e. The summed E-state index contributed by atoms with van der Waals surface area (Å²) < 4.78 is 16.8. The molecular weight excluding hydrogens is 565 g/mol. The number of rotatable bonds is 13. The molecule has 1 amide bonds. The number of pyridine rings is 1. The van der Waals surface area contributed by atoms with E-state index in [4.69, 9.17) is 4.84 Å². The van der Waals surface area contributed by atoms with Crippen molar-refractivity contribution in [2.24, 2.45) is 11.8 Å². The number of benzene rings is 2. The van der Waals surface area contributed by atoms with Crippen LogP contribution in [0.15, 0.2) is 47.4 Å². The van der Waals surface area contributed by atoms with Crippen LogP contribution in [0.25, 0.3) is 10.9 Å². The summed E-state index contributed by atoms with van der Waals surface area (Å²) in [6.45, 7) is 11.1. The number of carboxylic acids is 1. The van der Waals surface area contributed by atoms with Gasteiger partial charge in [-0.3, -0.25) is 14.4 Å². The summed E-state index contributed by atoms with van der Waals surface area (Å²) in [4.78, 5) is 44.7. The Morgan fingerprint density at radius 1 is 1.05 bits per heavy atom. The number of carbonyl (C=O) groups excluding carboxylic acids is 1. The number of halogens is 1. The number of hydrogen-bond acceptors (Lipinski definition) is 7. The van der Waals surface area contributed by atoms with Gasteiger partial charge < -0.3 is 25.2 Å². The van der Waals surface area contributed by atoms with E-state index in [0.717, 1.165) is 30.2 Å². The molecule has 2 heterocycles. The molecule has 1 saturated heterocycles. The highest BCUT2D eigenvalue weighted by Crippen LogP contribution is 2.27. The maximum absolute atomic E-state index is 15.2. The minimum atomic E-state index is -1.33. The molecule has 1 unspecified atom stereocenters. The number of nitrogens with one attached hydrogen (secondary N) is 2. The second-order valence-electron chi connectivity index (χ2n) is 11.8. The summed E-state index contributed by atoms with van der Waals surface area (Å²) in [6, 6.07) is 10.8. The third-order valence-electron chi connectivity index (χ3n) is 8.47. The molecule has 10 nitrogen and oxygen atoms in total. The number of carboxylic acid groups (broad SMARTS) is 1. The molecule has 3 N–H and O–H groups in total. The third-order valence-corrected chi connectivity index (χ3v) is 8.47. The Labute approximate surface area is 257 Å². The first-order valence-corrected chi connectivity index (χ1v) is 15.3. The molecule has 1 aliphatic heterocycles. The van der Waals surface area contributed by atoms with Gasteiger partial charge in [0.05, 0.1) is 17.8 Å². The Hall–Kier alpha value is -3.80. The van der Waals surface area contributed by atoms with Crippen molar-refractivity contribution in [3.05, 3.63) is 69.8 Å². The Balaban J connectivity index is 1.29. The van der Waals surface area contributed by atoms with Crippen LogP contribution in [-0.4, -0.2) is 65.9 Å². The van der Waals surface area contributed by atoms with E-state index in [0.29, 0.717) is 62.5 Å². The summed E-state index contributed by atoms with van der Waals surface area (Å²) >= 11 is 0. The molecule has 1 aromatic heterocycles. The van der Waals surface area contributed by atoms with Gasteiger partial charge in [-0.05, 0) is 62.6 Å². The monoisotopic (exact) mass is 609 g/mol. The van der Waals surface area contributed by atoms with Crippen LogP contribution in [0.3, 0.4) is 0 Å². The average molecular weight is 610 g/mol. The zero-order valence-corrected chi connectivity index (χ0v) is 26.2. The summed E-state index contributed by atoms with van der Waals surface area (Å²) in [5, 5.41) is 17.6. The number of piperazine rings is 1. The van der Waals surface area contributed by atoms with Crippen LogP contribution in [0.5, 0.6) is 0 Å². The van der Waals surface area contributed by atoms with Crippen LogP contribution in [0, 0.1) is 17.7 Å². The molecule has 0 saturated carbocycles. The van der Waals surface area contributed by atoms with Crippen molar-refractivity contribution in [1.29, 1.82) is 0 Å². The van der Waals surface area contributed by atoms with Crippen molar-refractivity contribution in [3.8, 4) is 0 Å². The van der Waals surface area contributed by atoms with E-state index in [1.54, 1.807) is 10.6 Å². The molecule has 44 heavy (non-hydrogen) atoms. The first-order valence-electron chi connectivity index (χ1n) is 15.3. The Morgan fingerprint density at radius 3 is 2.32 bits per heavy atom. The van der Waals surface area contributed by atoms with Gasteiger partial charge in [0.15, 0.2) is 0 Å². The van der Waals surface area contributed by atoms with E-state index in [9.17, 15) is 19.5 Å². The molecule has 1 aliphatic rings. The van der Waals surface area contributed by atoms with E-state index in [1.807, 2.05) is 55.1 Å². The summed E-state index contributed by atoms with van der Waals surface area (Å²) in [5.41, 5.74) is 1.52. The Bertz CT molecular complexity index is 1520. The third kappa shape index (κ3) is 7.82. The highest BCUT2D eigenvalue weighted by Gasteiger charge is 2.23. The van der Waals surface area contributed by atoms with Gasteiger partial charge in [0.25, 0.3) is 0 Å². The summed E-state index contributed by atoms with van der Waals surface area (Å²) in [5.74, 6) is -1.45. The molecule has 0 aliphatic carbocycles. The van der Waals surface area contributed by atoms with E-state index in [2.05, 4.69) is 24.5 Å². The van der Waals surface area contributed by atoms with Crippen LogP contribution < -0.4 is 21.0 Å². The zero-order valence-electron chi connectivity index (χ0n) is 26.2. The quantitative estimate of drug-likeness (QED) is 0.255. The van der Waals surface area contributed by atoms with E-state index in [-0.39, 0.29) is 22.8 Å². The molecule has 1 fully saturated rings. The first-order chi connectivity index (χ1) is 21.0. The molecule has 11 heteroatoms. The minimum absolute atomic E-state index is 0.0105. The Kier molecular flexibility index (Phi) is 11.1. The number of anilines is 2. The smallest absolute Gasteiger partial charge is 0.341 e. The molecule has 2 atom stereocenters. The topological polar surface area (TPSA) is 116 Å². The van der Waals surface area contributed by atoms with Crippen LogP contribution in [0.1, 0.15) is 56.5 Å². The number of aromatic nitrogens is 1. The molecular formula is C33H44FN5O5. The minimum Gasteiger partial charge on any atom is -0.477 e. The van der Waals surface area contributed by atoms with Gasteiger partial charge in [0.2, 0.25) is 11.3 Å². The van der Waals surface area contributed by atoms with Crippen molar-refractivity contribution >= 4 is 34.2 Å². The second-order valence-corrected chi connectivity index (χ2v) is 11.8. The van der Waals surface area contributed by atoms with E-state index >= 15 is 4.39 Å². The molecule has 3 aromatic rings. The summed E-state index contributed by atoms with van der Waals surface area (Å²) in [7, 11) is 1.96. The lowest BCUT2D eigenvalue weighted by molar-refractivity contribution is -0.171. The van der Waals surface area contributed by atoms with Crippen molar-refractivity contribution in [2.75, 3.05) is 43.4 Å². The normalized spacial score (nSPS) is 15.5. The van der Waals surface area contributed by atoms with Gasteiger partial charge in [-0.2, -0.15) is 5.06 Å². The highest BCUT2D eigenvalue weighted by molar-refractivity contribution is 5.94. The van der Waals surface area contributed by atoms with Gasteiger partial charge in [-0.15, -0.1) is 0 Å². The first kappa shape index (κ1) is 33.1. The highest BCUT2D eigenvalue weighted by atomic mass is 19.1. The van der Waals surface area contributed by atoms with Crippen molar-refractivity contribution in [1.82, 2.24) is 14.9 Å². The van der Waals surface area contributed by atoms with Gasteiger partial charge >= 0.3 is 5.97 Å².